The van der Waals surface area contributed by atoms with Crippen molar-refractivity contribution in [1.29, 1.82) is 0 Å². The van der Waals surface area contributed by atoms with Gasteiger partial charge in [-0.2, -0.15) is 0 Å². The smallest absolute Gasteiger partial charge is 0.119 e. The van der Waals surface area contributed by atoms with E-state index in [1.807, 2.05) is 30.3 Å². The van der Waals surface area contributed by atoms with Crippen molar-refractivity contribution in [3.8, 4) is 5.75 Å². The third-order valence-electron chi connectivity index (χ3n) is 2.25. The van der Waals surface area contributed by atoms with Crippen LogP contribution in [0.25, 0.3) is 0 Å². The van der Waals surface area contributed by atoms with Crippen LogP contribution in [0.4, 0.5) is 0 Å². The van der Waals surface area contributed by atoms with E-state index >= 15 is 0 Å². The van der Waals surface area contributed by atoms with Gasteiger partial charge in [0.1, 0.15) is 18.5 Å². The van der Waals surface area contributed by atoms with E-state index in [4.69, 9.17) is 9.47 Å². The zero-order valence-corrected chi connectivity index (χ0v) is 7.77. The van der Waals surface area contributed by atoms with Crippen molar-refractivity contribution in [2.75, 3.05) is 6.61 Å². The first-order chi connectivity index (χ1) is 6.40. The van der Waals surface area contributed by atoms with Gasteiger partial charge >= 0.3 is 0 Å². The second-order valence-electron chi connectivity index (χ2n) is 3.25. The monoisotopic (exact) mass is 178 g/mol. The second-order valence-corrected chi connectivity index (χ2v) is 3.25. The molecule has 2 rings (SSSR count). The zero-order valence-electron chi connectivity index (χ0n) is 7.77. The van der Waals surface area contributed by atoms with Crippen LogP contribution in [0.3, 0.4) is 0 Å². The molecule has 13 heavy (non-hydrogen) atoms. The molecule has 1 aliphatic heterocycles. The molecule has 2 unspecified atom stereocenters. The van der Waals surface area contributed by atoms with Crippen LogP contribution in [-0.2, 0) is 4.74 Å². The Hall–Kier alpha value is -1.02. The molecule has 1 fully saturated rings. The third kappa shape index (κ3) is 2.22. The van der Waals surface area contributed by atoms with E-state index < -0.39 is 0 Å². The van der Waals surface area contributed by atoms with E-state index in [1.54, 1.807) is 0 Å². The first-order valence-corrected chi connectivity index (χ1v) is 4.73. The summed E-state index contributed by atoms with van der Waals surface area (Å²) >= 11 is 0. The molecule has 70 valence electrons. The highest BCUT2D eigenvalue weighted by Gasteiger charge is 2.37. The summed E-state index contributed by atoms with van der Waals surface area (Å²) in [6.07, 6.45) is 1.84. The molecular formula is C11H14O2. The molecule has 0 aromatic heterocycles. The molecule has 2 heteroatoms. The van der Waals surface area contributed by atoms with Gasteiger partial charge in [-0.3, -0.25) is 0 Å². The van der Waals surface area contributed by atoms with Gasteiger partial charge in [0.2, 0.25) is 0 Å². The van der Waals surface area contributed by atoms with Crippen molar-refractivity contribution < 1.29 is 9.47 Å². The maximum Gasteiger partial charge on any atom is 0.119 e. The lowest BCUT2D eigenvalue weighted by molar-refractivity contribution is 0.260. The minimum atomic E-state index is 0.324. The number of para-hydroxylation sites is 1. The van der Waals surface area contributed by atoms with Gasteiger partial charge in [0, 0.05) is 0 Å². The Labute approximate surface area is 78.5 Å². The van der Waals surface area contributed by atoms with Crippen LogP contribution in [0.2, 0.25) is 0 Å². The number of benzene rings is 1. The molecule has 1 saturated heterocycles. The fraction of sp³-hybridized carbons (Fsp3) is 0.455. The maximum atomic E-state index is 5.54. The quantitative estimate of drug-likeness (QED) is 0.659. The molecule has 0 radical (unpaired) electrons. The Morgan fingerprint density at radius 1 is 1.23 bits per heavy atom. The van der Waals surface area contributed by atoms with Crippen molar-refractivity contribution in [3.05, 3.63) is 30.3 Å². The van der Waals surface area contributed by atoms with Crippen molar-refractivity contribution in [2.24, 2.45) is 0 Å². The van der Waals surface area contributed by atoms with Gasteiger partial charge in [0.15, 0.2) is 0 Å². The van der Waals surface area contributed by atoms with Gasteiger partial charge in [0.05, 0.1) is 6.10 Å². The van der Waals surface area contributed by atoms with Crippen LogP contribution in [0.15, 0.2) is 30.3 Å². The highest BCUT2D eigenvalue weighted by molar-refractivity contribution is 5.21. The predicted octanol–water partition coefficient (Wildman–Crippen LogP) is 2.24. The summed E-state index contributed by atoms with van der Waals surface area (Å²) in [7, 11) is 0. The molecule has 0 bridgehead atoms. The van der Waals surface area contributed by atoms with Crippen LogP contribution in [0.5, 0.6) is 5.75 Å². The van der Waals surface area contributed by atoms with E-state index in [-0.39, 0.29) is 0 Å². The maximum absolute atomic E-state index is 5.54. The summed E-state index contributed by atoms with van der Waals surface area (Å²) in [6.45, 7) is 2.82. The van der Waals surface area contributed by atoms with Crippen LogP contribution in [0.1, 0.15) is 13.3 Å². The zero-order chi connectivity index (χ0) is 9.10. The Morgan fingerprint density at radius 3 is 2.62 bits per heavy atom. The van der Waals surface area contributed by atoms with Gasteiger partial charge in [-0.1, -0.05) is 25.1 Å². The third-order valence-corrected chi connectivity index (χ3v) is 2.25. The van der Waals surface area contributed by atoms with Crippen LogP contribution in [0, 0.1) is 0 Å². The molecule has 2 nitrogen and oxygen atoms in total. The summed E-state index contributed by atoms with van der Waals surface area (Å²) in [5, 5.41) is 0. The normalized spacial score (nSPS) is 25.6. The topological polar surface area (TPSA) is 21.8 Å². The molecule has 2 atom stereocenters. The van der Waals surface area contributed by atoms with Gasteiger partial charge in [-0.05, 0) is 18.6 Å². The van der Waals surface area contributed by atoms with E-state index in [2.05, 4.69) is 6.92 Å². The molecule has 1 aromatic carbocycles. The second kappa shape index (κ2) is 3.79. The standard InChI is InChI=1S/C11H14O2/c1-2-10-11(13-10)8-12-9-6-4-3-5-7-9/h3-7,10-11H,2,8H2,1H3. The fourth-order valence-electron chi connectivity index (χ4n) is 1.38. The number of hydrogen-bond donors (Lipinski definition) is 0. The Balaban J connectivity index is 1.75. The van der Waals surface area contributed by atoms with Crippen molar-refractivity contribution in [1.82, 2.24) is 0 Å². The van der Waals surface area contributed by atoms with Gasteiger partial charge < -0.3 is 9.47 Å². The summed E-state index contributed by atoms with van der Waals surface area (Å²) in [4.78, 5) is 0. The molecule has 0 amide bonds. The van der Waals surface area contributed by atoms with Crippen molar-refractivity contribution >= 4 is 0 Å². The van der Waals surface area contributed by atoms with Crippen LogP contribution >= 0.6 is 0 Å². The van der Waals surface area contributed by atoms with Crippen molar-refractivity contribution in [2.45, 2.75) is 25.6 Å². The van der Waals surface area contributed by atoms with Crippen molar-refractivity contribution in [3.63, 3.8) is 0 Å². The minimum absolute atomic E-state index is 0.324. The number of ether oxygens (including phenoxy) is 2. The average molecular weight is 178 g/mol. The summed E-state index contributed by atoms with van der Waals surface area (Å²) < 4.78 is 10.9. The van der Waals surface area contributed by atoms with Gasteiger partial charge in [-0.15, -0.1) is 0 Å². The lowest BCUT2D eigenvalue weighted by atomic mass is 10.3. The Kier molecular flexibility index (Phi) is 2.50. The number of rotatable bonds is 4. The van der Waals surface area contributed by atoms with E-state index in [0.29, 0.717) is 18.8 Å². The number of epoxide rings is 1. The van der Waals surface area contributed by atoms with Crippen LogP contribution < -0.4 is 4.74 Å². The van der Waals surface area contributed by atoms with Gasteiger partial charge in [0.25, 0.3) is 0 Å². The van der Waals surface area contributed by atoms with Gasteiger partial charge in [-0.25, -0.2) is 0 Å². The average Bonchev–Trinajstić information content (AvgIpc) is 2.95. The summed E-state index contributed by atoms with van der Waals surface area (Å²) in [5.41, 5.74) is 0. The van der Waals surface area contributed by atoms with E-state index in [1.165, 1.54) is 0 Å². The highest BCUT2D eigenvalue weighted by atomic mass is 16.6. The fourth-order valence-corrected chi connectivity index (χ4v) is 1.38. The Bertz CT molecular complexity index is 258. The summed E-state index contributed by atoms with van der Waals surface area (Å²) in [5.74, 6) is 0.924. The lowest BCUT2D eigenvalue weighted by Crippen LogP contribution is -2.06. The molecule has 1 aliphatic rings. The molecule has 0 N–H and O–H groups in total. The first kappa shape index (κ1) is 8.57. The molecule has 1 heterocycles. The lowest BCUT2D eigenvalue weighted by Gasteiger charge is -2.02. The minimum Gasteiger partial charge on any atom is -0.491 e. The Morgan fingerprint density at radius 2 is 2.00 bits per heavy atom. The SMILES string of the molecule is CCC1OC1COc1ccccc1. The first-order valence-electron chi connectivity index (χ1n) is 4.73. The highest BCUT2D eigenvalue weighted by Crippen LogP contribution is 2.25. The summed E-state index contributed by atoms with van der Waals surface area (Å²) in [6, 6.07) is 9.85. The predicted molar refractivity (Wildman–Crippen MR) is 50.9 cm³/mol. The molecule has 0 spiro atoms. The molecule has 1 aromatic rings. The largest absolute Gasteiger partial charge is 0.491 e. The van der Waals surface area contributed by atoms with E-state index in [9.17, 15) is 0 Å². The van der Waals surface area contributed by atoms with E-state index in [0.717, 1.165) is 12.2 Å². The van der Waals surface area contributed by atoms with Crippen LogP contribution in [-0.4, -0.2) is 18.8 Å². The molecule has 0 saturated carbocycles. The molecular weight excluding hydrogens is 164 g/mol. The molecule has 0 aliphatic carbocycles. The number of hydrogen-bond acceptors (Lipinski definition) is 2.